The van der Waals surface area contributed by atoms with Gasteiger partial charge >= 0.3 is 11.8 Å². The summed E-state index contributed by atoms with van der Waals surface area (Å²) < 4.78 is 0. The molecule has 1 aromatic rings. The molecular formula is C12H17N3O4. The van der Waals surface area contributed by atoms with Crippen molar-refractivity contribution in [3.8, 4) is 0 Å². The van der Waals surface area contributed by atoms with E-state index >= 15 is 0 Å². The zero-order chi connectivity index (χ0) is 14.6. The lowest BCUT2D eigenvalue weighted by Crippen LogP contribution is -2.29. The number of pyridine rings is 1. The third kappa shape index (κ3) is 3.64. The third-order valence-corrected chi connectivity index (χ3v) is 2.59. The van der Waals surface area contributed by atoms with Gasteiger partial charge in [0.05, 0.1) is 17.3 Å². The molecule has 1 aromatic heterocycles. The summed E-state index contributed by atoms with van der Waals surface area (Å²) in [4.78, 5) is 26.7. The summed E-state index contributed by atoms with van der Waals surface area (Å²) in [6.07, 6.45) is 1.26. The molecule has 0 saturated carbocycles. The predicted molar refractivity (Wildman–Crippen MR) is 70.6 cm³/mol. The van der Waals surface area contributed by atoms with Gasteiger partial charge in [0.15, 0.2) is 6.20 Å². The van der Waals surface area contributed by atoms with E-state index in [1.165, 1.54) is 6.20 Å². The van der Waals surface area contributed by atoms with Crippen LogP contribution in [0.5, 0.6) is 0 Å². The highest BCUT2D eigenvalue weighted by molar-refractivity contribution is 5.94. The van der Waals surface area contributed by atoms with Crippen LogP contribution in [0.1, 0.15) is 31.1 Å². The maximum atomic E-state index is 11.2. The van der Waals surface area contributed by atoms with Crippen molar-refractivity contribution in [2.45, 2.75) is 20.8 Å². The number of rotatable bonds is 6. The van der Waals surface area contributed by atoms with Gasteiger partial charge in [0.25, 0.3) is 0 Å². The molecule has 0 fully saturated rings. The van der Waals surface area contributed by atoms with E-state index in [-0.39, 0.29) is 5.56 Å². The number of nitro groups is 1. The molecule has 7 heteroatoms. The molecule has 0 aliphatic heterocycles. The molecule has 1 heterocycles. The fourth-order valence-corrected chi connectivity index (χ4v) is 1.80. The summed E-state index contributed by atoms with van der Waals surface area (Å²) in [6, 6.07) is 1.00. The summed E-state index contributed by atoms with van der Waals surface area (Å²) in [6.45, 7) is 7.20. The van der Waals surface area contributed by atoms with Crippen LogP contribution in [-0.2, 0) is 0 Å². The molecule has 19 heavy (non-hydrogen) atoms. The molecule has 104 valence electrons. The minimum Gasteiger partial charge on any atom is -0.478 e. The van der Waals surface area contributed by atoms with Gasteiger partial charge in [-0.25, -0.2) is 4.79 Å². The Morgan fingerprint density at radius 2 is 2.21 bits per heavy atom. The Balaban J connectivity index is 3.25. The first kappa shape index (κ1) is 14.9. The number of nitrogens with zero attached hydrogens (tertiary/aromatic N) is 3. The van der Waals surface area contributed by atoms with Crippen molar-refractivity contribution in [1.82, 2.24) is 4.98 Å². The van der Waals surface area contributed by atoms with Crippen LogP contribution < -0.4 is 4.90 Å². The predicted octanol–water partition coefficient (Wildman–Crippen LogP) is 2.17. The molecule has 7 nitrogen and oxygen atoms in total. The first-order valence-corrected chi connectivity index (χ1v) is 5.99. The van der Waals surface area contributed by atoms with Gasteiger partial charge in [-0.1, -0.05) is 13.8 Å². The summed E-state index contributed by atoms with van der Waals surface area (Å²) in [5.74, 6) is -1.30. The van der Waals surface area contributed by atoms with Crippen molar-refractivity contribution in [2.24, 2.45) is 5.92 Å². The standard InChI is InChI=1S/C12H17N3O4/c1-4-14(7-8(2)3)10-6-13-11(15(18)19)5-9(10)12(16)17/h5-6,8H,4,7H2,1-3H3,(H,16,17). The second kappa shape index (κ2) is 6.12. The molecule has 0 aromatic carbocycles. The van der Waals surface area contributed by atoms with Crippen LogP contribution >= 0.6 is 0 Å². The Morgan fingerprint density at radius 3 is 2.63 bits per heavy atom. The van der Waals surface area contributed by atoms with Gasteiger partial charge in [-0.2, -0.15) is 0 Å². The summed E-state index contributed by atoms with van der Waals surface area (Å²) in [7, 11) is 0. The Labute approximate surface area is 111 Å². The topological polar surface area (TPSA) is 96.6 Å². The van der Waals surface area contributed by atoms with Crippen molar-refractivity contribution in [2.75, 3.05) is 18.0 Å². The van der Waals surface area contributed by atoms with Crippen molar-refractivity contribution < 1.29 is 14.8 Å². The Bertz CT molecular complexity index is 488. The molecule has 1 rings (SSSR count). The van der Waals surface area contributed by atoms with Crippen molar-refractivity contribution in [1.29, 1.82) is 0 Å². The number of anilines is 1. The molecule has 0 atom stereocenters. The minimum atomic E-state index is -1.19. The van der Waals surface area contributed by atoms with Crippen molar-refractivity contribution in [3.05, 3.63) is 27.9 Å². The van der Waals surface area contributed by atoms with Crippen LogP contribution in [0.25, 0.3) is 0 Å². The van der Waals surface area contributed by atoms with Gasteiger partial charge in [0.1, 0.15) is 0 Å². The van der Waals surface area contributed by atoms with Gasteiger partial charge in [0.2, 0.25) is 0 Å². The van der Waals surface area contributed by atoms with E-state index in [1.54, 1.807) is 0 Å². The number of carboxylic acids is 1. The van der Waals surface area contributed by atoms with Gasteiger partial charge in [0, 0.05) is 13.1 Å². The smallest absolute Gasteiger partial charge is 0.364 e. The van der Waals surface area contributed by atoms with E-state index in [2.05, 4.69) is 4.98 Å². The van der Waals surface area contributed by atoms with E-state index < -0.39 is 16.7 Å². The number of aromatic carboxylic acids is 1. The Kier molecular flexibility index (Phi) is 4.80. The minimum absolute atomic E-state index is 0.0933. The largest absolute Gasteiger partial charge is 0.478 e. The van der Waals surface area contributed by atoms with Gasteiger partial charge < -0.3 is 20.1 Å². The molecule has 0 saturated heterocycles. The summed E-state index contributed by atoms with van der Waals surface area (Å²) in [5.41, 5.74) is 0.318. The van der Waals surface area contributed by atoms with Crippen LogP contribution in [0, 0.1) is 16.0 Å². The average Bonchev–Trinajstić information content (AvgIpc) is 2.34. The second-order valence-corrected chi connectivity index (χ2v) is 4.55. The zero-order valence-electron chi connectivity index (χ0n) is 11.2. The first-order chi connectivity index (χ1) is 8.86. The van der Waals surface area contributed by atoms with Crippen molar-refractivity contribution >= 4 is 17.5 Å². The monoisotopic (exact) mass is 267 g/mol. The molecule has 0 radical (unpaired) electrons. The number of aromatic nitrogens is 1. The van der Waals surface area contributed by atoms with Crippen molar-refractivity contribution in [3.63, 3.8) is 0 Å². The van der Waals surface area contributed by atoms with Crippen LogP contribution in [0.2, 0.25) is 0 Å². The highest BCUT2D eigenvalue weighted by Gasteiger charge is 2.22. The normalized spacial score (nSPS) is 10.5. The van der Waals surface area contributed by atoms with Crippen LogP contribution in [0.4, 0.5) is 11.5 Å². The quantitative estimate of drug-likeness (QED) is 0.626. The SMILES string of the molecule is CCN(CC(C)C)c1cnc([N+](=O)[O-])cc1C(=O)O. The second-order valence-electron chi connectivity index (χ2n) is 4.55. The number of carboxylic acid groups (broad SMARTS) is 1. The van der Waals surface area contributed by atoms with Gasteiger partial charge in [-0.15, -0.1) is 0 Å². The average molecular weight is 267 g/mol. The molecule has 0 amide bonds. The molecule has 0 spiro atoms. The fraction of sp³-hybridized carbons (Fsp3) is 0.500. The van der Waals surface area contributed by atoms with E-state index in [1.807, 2.05) is 25.7 Å². The zero-order valence-corrected chi connectivity index (χ0v) is 11.2. The molecule has 1 N–H and O–H groups in total. The number of hydrogen-bond acceptors (Lipinski definition) is 5. The van der Waals surface area contributed by atoms with Crippen LogP contribution in [0.15, 0.2) is 12.3 Å². The highest BCUT2D eigenvalue weighted by Crippen LogP contribution is 2.24. The first-order valence-electron chi connectivity index (χ1n) is 5.99. The highest BCUT2D eigenvalue weighted by atomic mass is 16.6. The Hall–Kier alpha value is -2.18. The van der Waals surface area contributed by atoms with E-state index in [4.69, 9.17) is 0 Å². The molecule has 0 aliphatic rings. The molecular weight excluding hydrogens is 250 g/mol. The number of carbonyl (C=O) groups is 1. The third-order valence-electron chi connectivity index (χ3n) is 2.59. The summed E-state index contributed by atoms with van der Waals surface area (Å²) in [5, 5.41) is 19.8. The maximum absolute atomic E-state index is 11.2. The van der Waals surface area contributed by atoms with Crippen LogP contribution in [-0.4, -0.2) is 34.1 Å². The van der Waals surface area contributed by atoms with Crippen LogP contribution in [0.3, 0.4) is 0 Å². The van der Waals surface area contributed by atoms with Gasteiger partial charge in [-0.3, -0.25) is 0 Å². The van der Waals surface area contributed by atoms with E-state index in [0.717, 1.165) is 6.07 Å². The summed E-state index contributed by atoms with van der Waals surface area (Å²) >= 11 is 0. The molecule has 0 aliphatic carbocycles. The lowest BCUT2D eigenvalue weighted by molar-refractivity contribution is -0.389. The van der Waals surface area contributed by atoms with E-state index in [0.29, 0.717) is 24.7 Å². The molecule has 0 unspecified atom stereocenters. The maximum Gasteiger partial charge on any atom is 0.364 e. The lowest BCUT2D eigenvalue weighted by atomic mass is 10.1. The lowest BCUT2D eigenvalue weighted by Gasteiger charge is -2.25. The van der Waals surface area contributed by atoms with Gasteiger partial charge in [-0.05, 0) is 22.7 Å². The Morgan fingerprint density at radius 1 is 1.58 bits per heavy atom. The fourth-order valence-electron chi connectivity index (χ4n) is 1.80. The number of hydrogen-bond donors (Lipinski definition) is 1. The molecule has 0 bridgehead atoms. The van der Waals surface area contributed by atoms with E-state index in [9.17, 15) is 20.0 Å².